The van der Waals surface area contributed by atoms with Crippen molar-refractivity contribution in [1.82, 2.24) is 0 Å². The lowest BCUT2D eigenvalue weighted by Gasteiger charge is -2.12. The van der Waals surface area contributed by atoms with Crippen LogP contribution in [0.2, 0.25) is 0 Å². The Labute approximate surface area is 89.7 Å². The molecule has 1 aromatic rings. The van der Waals surface area contributed by atoms with E-state index in [9.17, 15) is 13.2 Å². The number of hydrogen-bond acceptors (Lipinski definition) is 3. The lowest BCUT2D eigenvalue weighted by molar-refractivity contribution is -0.139. The van der Waals surface area contributed by atoms with Crippen molar-refractivity contribution in [2.75, 3.05) is 7.11 Å². The summed E-state index contributed by atoms with van der Waals surface area (Å²) in [6.07, 6.45) is -4.50. The van der Waals surface area contributed by atoms with E-state index in [0.717, 1.165) is 12.1 Å². The van der Waals surface area contributed by atoms with E-state index >= 15 is 0 Å². The average molecular weight is 233 g/mol. The van der Waals surface area contributed by atoms with Crippen molar-refractivity contribution >= 4 is 12.6 Å². The van der Waals surface area contributed by atoms with E-state index in [4.69, 9.17) is 5.26 Å². The fourth-order valence-corrected chi connectivity index (χ4v) is 1.37. The second kappa shape index (κ2) is 4.03. The molecule has 2 nitrogen and oxygen atoms in total. The first-order valence-corrected chi connectivity index (χ1v) is 4.23. The number of rotatable bonds is 1. The number of ether oxygens (including phenoxy) is 1. The molecule has 0 atom stereocenters. The third-order valence-corrected chi connectivity index (χ3v) is 2.11. The summed E-state index contributed by atoms with van der Waals surface area (Å²) in [5, 5.41) is 8.62. The molecule has 0 heterocycles. The molecule has 0 aliphatic heterocycles. The third kappa shape index (κ3) is 2.36. The zero-order chi connectivity index (χ0) is 11.6. The summed E-state index contributed by atoms with van der Waals surface area (Å²) in [4.78, 5) is -0.292. The van der Waals surface area contributed by atoms with Crippen LogP contribution in [0.1, 0.15) is 11.1 Å². The van der Waals surface area contributed by atoms with E-state index in [-0.39, 0.29) is 16.2 Å². The lowest BCUT2D eigenvalue weighted by Crippen LogP contribution is -2.07. The maximum absolute atomic E-state index is 12.4. The summed E-state index contributed by atoms with van der Waals surface area (Å²) in [5.41, 5.74) is -0.891. The number of nitriles is 1. The zero-order valence-electron chi connectivity index (χ0n) is 7.59. The predicted octanol–water partition coefficient (Wildman–Crippen LogP) is 2.87. The van der Waals surface area contributed by atoms with Gasteiger partial charge in [0.15, 0.2) is 0 Å². The second-order valence-corrected chi connectivity index (χ2v) is 3.16. The number of nitrogens with zero attached hydrogens (tertiary/aromatic N) is 1. The Kier molecular flexibility index (Phi) is 3.15. The molecular weight excluding hydrogens is 227 g/mol. The lowest BCUT2D eigenvalue weighted by atomic mass is 10.1. The fourth-order valence-electron chi connectivity index (χ4n) is 1.05. The van der Waals surface area contributed by atoms with Gasteiger partial charge in [-0.2, -0.15) is 18.4 Å². The predicted molar refractivity (Wildman–Crippen MR) is 50.0 cm³/mol. The number of thiol groups is 1. The first kappa shape index (κ1) is 11.7. The maximum atomic E-state index is 12.4. The Balaban J connectivity index is 3.41. The van der Waals surface area contributed by atoms with Gasteiger partial charge in [0.2, 0.25) is 0 Å². The SMILES string of the molecule is COc1cc(C(F)(F)F)c(S)cc1C#N. The number of hydrogen-bond donors (Lipinski definition) is 1. The van der Waals surface area contributed by atoms with Crippen LogP contribution >= 0.6 is 12.6 Å². The standard InChI is InChI=1S/C9H6F3NOS/c1-14-7-3-6(9(10,11)12)8(15)2-5(7)4-13/h2-3,15H,1H3. The van der Waals surface area contributed by atoms with E-state index in [1.807, 2.05) is 0 Å². The summed E-state index contributed by atoms with van der Waals surface area (Å²) in [5.74, 6) is -0.109. The van der Waals surface area contributed by atoms with Gasteiger partial charge in [-0.1, -0.05) is 0 Å². The molecule has 0 saturated heterocycles. The first-order valence-electron chi connectivity index (χ1n) is 3.78. The molecule has 0 fully saturated rings. The minimum Gasteiger partial charge on any atom is -0.495 e. The van der Waals surface area contributed by atoms with Crippen LogP contribution in [0.25, 0.3) is 0 Å². The van der Waals surface area contributed by atoms with Gasteiger partial charge in [0.1, 0.15) is 11.8 Å². The Morgan fingerprint density at radius 3 is 2.40 bits per heavy atom. The number of methoxy groups -OCH3 is 1. The highest BCUT2D eigenvalue weighted by molar-refractivity contribution is 7.80. The van der Waals surface area contributed by atoms with E-state index in [2.05, 4.69) is 17.4 Å². The first-order chi connectivity index (χ1) is 6.90. The highest BCUT2D eigenvalue weighted by Crippen LogP contribution is 2.37. The molecule has 0 spiro atoms. The van der Waals surface area contributed by atoms with Gasteiger partial charge in [-0.05, 0) is 12.1 Å². The van der Waals surface area contributed by atoms with Crippen LogP contribution in [0.5, 0.6) is 5.75 Å². The van der Waals surface area contributed by atoms with Gasteiger partial charge in [-0.3, -0.25) is 0 Å². The molecule has 0 aliphatic rings. The smallest absolute Gasteiger partial charge is 0.417 e. The van der Waals surface area contributed by atoms with E-state index in [0.29, 0.717) is 0 Å². The van der Waals surface area contributed by atoms with Crippen molar-refractivity contribution in [3.05, 3.63) is 23.3 Å². The fraction of sp³-hybridized carbons (Fsp3) is 0.222. The highest BCUT2D eigenvalue weighted by atomic mass is 32.1. The van der Waals surface area contributed by atoms with Gasteiger partial charge >= 0.3 is 6.18 Å². The van der Waals surface area contributed by atoms with Gasteiger partial charge in [0.05, 0.1) is 18.2 Å². The van der Waals surface area contributed by atoms with Crippen LogP contribution in [0.15, 0.2) is 17.0 Å². The van der Waals surface area contributed by atoms with Crippen molar-refractivity contribution in [1.29, 1.82) is 5.26 Å². The molecule has 0 N–H and O–H groups in total. The minimum absolute atomic E-state index is 0.0236. The third-order valence-electron chi connectivity index (χ3n) is 1.74. The molecule has 0 saturated carbocycles. The highest BCUT2D eigenvalue weighted by Gasteiger charge is 2.33. The molecule has 80 valence electrons. The van der Waals surface area contributed by atoms with Crippen molar-refractivity contribution in [3.63, 3.8) is 0 Å². The Morgan fingerprint density at radius 2 is 2.00 bits per heavy atom. The molecule has 0 radical (unpaired) electrons. The van der Waals surface area contributed by atoms with Crippen LogP contribution < -0.4 is 4.74 Å². The van der Waals surface area contributed by atoms with Crippen molar-refractivity contribution in [2.45, 2.75) is 11.1 Å². The van der Waals surface area contributed by atoms with Crippen LogP contribution in [-0.4, -0.2) is 7.11 Å². The van der Waals surface area contributed by atoms with E-state index in [1.165, 1.54) is 7.11 Å². The van der Waals surface area contributed by atoms with Crippen molar-refractivity contribution in [3.8, 4) is 11.8 Å². The van der Waals surface area contributed by atoms with Crippen LogP contribution in [0.3, 0.4) is 0 Å². The second-order valence-electron chi connectivity index (χ2n) is 2.68. The number of alkyl halides is 3. The molecule has 0 aromatic heterocycles. The van der Waals surface area contributed by atoms with Gasteiger partial charge < -0.3 is 4.74 Å². The van der Waals surface area contributed by atoms with Crippen molar-refractivity contribution in [2.24, 2.45) is 0 Å². The van der Waals surface area contributed by atoms with Crippen LogP contribution in [-0.2, 0) is 6.18 Å². The molecule has 0 amide bonds. The summed E-state index contributed by atoms with van der Waals surface area (Å²) < 4.78 is 41.9. The molecule has 0 unspecified atom stereocenters. The number of halogens is 3. The average Bonchev–Trinajstić information content (AvgIpc) is 2.15. The summed E-state index contributed by atoms with van der Waals surface area (Å²) >= 11 is 3.67. The molecule has 0 bridgehead atoms. The zero-order valence-corrected chi connectivity index (χ0v) is 8.49. The molecule has 6 heteroatoms. The quantitative estimate of drug-likeness (QED) is 0.756. The van der Waals surface area contributed by atoms with Crippen molar-refractivity contribution < 1.29 is 17.9 Å². The van der Waals surface area contributed by atoms with Gasteiger partial charge in [-0.15, -0.1) is 12.6 Å². The Morgan fingerprint density at radius 1 is 1.40 bits per heavy atom. The summed E-state index contributed by atoms with van der Waals surface area (Å²) in [6, 6.07) is 3.52. The van der Waals surface area contributed by atoms with Crippen LogP contribution in [0.4, 0.5) is 13.2 Å². The van der Waals surface area contributed by atoms with Gasteiger partial charge in [0.25, 0.3) is 0 Å². The van der Waals surface area contributed by atoms with Gasteiger partial charge in [0, 0.05) is 4.90 Å². The minimum atomic E-state index is -4.50. The topological polar surface area (TPSA) is 33.0 Å². The number of benzene rings is 1. The summed E-state index contributed by atoms with van der Waals surface area (Å²) in [6.45, 7) is 0. The van der Waals surface area contributed by atoms with E-state index < -0.39 is 11.7 Å². The Bertz CT molecular complexity index is 423. The molecular formula is C9H6F3NOS. The normalized spacial score (nSPS) is 10.9. The van der Waals surface area contributed by atoms with Crippen LogP contribution in [0, 0.1) is 11.3 Å². The molecule has 0 aliphatic carbocycles. The summed E-state index contributed by atoms with van der Waals surface area (Å²) in [7, 11) is 1.20. The largest absolute Gasteiger partial charge is 0.495 e. The molecule has 1 rings (SSSR count). The van der Waals surface area contributed by atoms with E-state index in [1.54, 1.807) is 6.07 Å². The monoisotopic (exact) mass is 233 g/mol. The molecule has 15 heavy (non-hydrogen) atoms. The Hall–Kier alpha value is -1.35. The maximum Gasteiger partial charge on any atom is 0.417 e. The van der Waals surface area contributed by atoms with Gasteiger partial charge in [-0.25, -0.2) is 0 Å². The molecule has 1 aromatic carbocycles.